The van der Waals surface area contributed by atoms with Crippen LogP contribution in [0.4, 0.5) is 0 Å². The van der Waals surface area contributed by atoms with Gasteiger partial charge in [-0.3, -0.25) is 4.79 Å². The Hall–Kier alpha value is -1.28. The van der Waals surface area contributed by atoms with Crippen molar-refractivity contribution >= 4 is 17.6 Å². The lowest BCUT2D eigenvalue weighted by Gasteiger charge is -2.04. The molecule has 1 aromatic rings. The number of hydrogen-bond donors (Lipinski definition) is 1. The molecule has 0 unspecified atom stereocenters. The standard InChI is InChI=1S/C12H13ClO2/c1-9(2-7-12(14)15)8-10-3-5-11(13)6-4-10/h3-6H,1-2,7-8H2,(H,14,15). The van der Waals surface area contributed by atoms with Crippen LogP contribution < -0.4 is 0 Å². The normalized spacial score (nSPS) is 9.93. The van der Waals surface area contributed by atoms with Crippen molar-refractivity contribution in [1.29, 1.82) is 0 Å². The molecule has 80 valence electrons. The van der Waals surface area contributed by atoms with Crippen molar-refractivity contribution in [2.24, 2.45) is 0 Å². The first-order valence-corrected chi connectivity index (χ1v) is 5.08. The number of carbonyl (C=O) groups is 1. The summed E-state index contributed by atoms with van der Waals surface area (Å²) in [5.41, 5.74) is 2.04. The van der Waals surface area contributed by atoms with Crippen LogP contribution in [0.2, 0.25) is 5.02 Å². The molecule has 0 aliphatic rings. The minimum Gasteiger partial charge on any atom is -0.481 e. The van der Waals surface area contributed by atoms with Crippen LogP contribution in [0.25, 0.3) is 0 Å². The van der Waals surface area contributed by atoms with Crippen molar-refractivity contribution in [2.45, 2.75) is 19.3 Å². The predicted octanol–water partition coefficient (Wildman–Crippen LogP) is 3.30. The number of carboxylic acid groups (broad SMARTS) is 1. The molecule has 0 spiro atoms. The number of halogens is 1. The molecule has 0 atom stereocenters. The van der Waals surface area contributed by atoms with E-state index in [1.54, 1.807) is 0 Å². The van der Waals surface area contributed by atoms with E-state index in [-0.39, 0.29) is 6.42 Å². The third-order valence-electron chi connectivity index (χ3n) is 2.06. The van der Waals surface area contributed by atoms with Crippen molar-refractivity contribution < 1.29 is 9.90 Å². The predicted molar refractivity (Wildman–Crippen MR) is 61.2 cm³/mol. The number of allylic oxidation sites excluding steroid dienone is 1. The summed E-state index contributed by atoms with van der Waals surface area (Å²) < 4.78 is 0. The number of aliphatic carboxylic acids is 1. The van der Waals surface area contributed by atoms with Crippen molar-refractivity contribution in [3.05, 3.63) is 47.0 Å². The molecule has 0 amide bonds. The third kappa shape index (κ3) is 4.66. The van der Waals surface area contributed by atoms with Crippen molar-refractivity contribution in [1.82, 2.24) is 0 Å². The van der Waals surface area contributed by atoms with E-state index in [0.29, 0.717) is 17.9 Å². The molecule has 0 aliphatic carbocycles. The molecule has 0 aromatic heterocycles. The molecule has 15 heavy (non-hydrogen) atoms. The molecule has 0 heterocycles. The number of carboxylic acids is 1. The van der Waals surface area contributed by atoms with E-state index >= 15 is 0 Å². The quantitative estimate of drug-likeness (QED) is 0.780. The molecule has 1 N–H and O–H groups in total. The second-order valence-electron chi connectivity index (χ2n) is 3.45. The van der Waals surface area contributed by atoms with Crippen LogP contribution in [0.5, 0.6) is 0 Å². The summed E-state index contributed by atoms with van der Waals surface area (Å²) in [4.78, 5) is 10.3. The van der Waals surface area contributed by atoms with Gasteiger partial charge in [-0.2, -0.15) is 0 Å². The van der Waals surface area contributed by atoms with E-state index in [1.807, 2.05) is 24.3 Å². The molecule has 0 fully saturated rings. The van der Waals surface area contributed by atoms with Gasteiger partial charge in [0.2, 0.25) is 0 Å². The highest BCUT2D eigenvalue weighted by Gasteiger charge is 2.01. The summed E-state index contributed by atoms with van der Waals surface area (Å²) in [5.74, 6) is -0.785. The summed E-state index contributed by atoms with van der Waals surface area (Å²) in [6, 6.07) is 7.49. The number of rotatable bonds is 5. The van der Waals surface area contributed by atoms with Crippen LogP contribution >= 0.6 is 11.6 Å². The average molecular weight is 225 g/mol. The van der Waals surface area contributed by atoms with Gasteiger partial charge in [0.15, 0.2) is 0 Å². The van der Waals surface area contributed by atoms with Gasteiger partial charge in [0.05, 0.1) is 0 Å². The smallest absolute Gasteiger partial charge is 0.303 e. The Labute approximate surface area is 94.2 Å². The van der Waals surface area contributed by atoms with Gasteiger partial charge < -0.3 is 5.11 Å². The Morgan fingerprint density at radius 3 is 2.40 bits per heavy atom. The van der Waals surface area contributed by atoms with Crippen LogP contribution in [0.15, 0.2) is 36.4 Å². The highest BCUT2D eigenvalue weighted by atomic mass is 35.5. The highest BCUT2D eigenvalue weighted by Crippen LogP contribution is 2.14. The maximum Gasteiger partial charge on any atom is 0.303 e. The van der Waals surface area contributed by atoms with Gasteiger partial charge >= 0.3 is 5.97 Å². The fourth-order valence-corrected chi connectivity index (χ4v) is 1.39. The van der Waals surface area contributed by atoms with E-state index in [0.717, 1.165) is 11.1 Å². The molecule has 1 rings (SSSR count). The molecule has 0 saturated carbocycles. The van der Waals surface area contributed by atoms with E-state index < -0.39 is 5.97 Å². The van der Waals surface area contributed by atoms with E-state index in [4.69, 9.17) is 16.7 Å². The lowest BCUT2D eigenvalue weighted by molar-refractivity contribution is -0.136. The van der Waals surface area contributed by atoms with Gasteiger partial charge in [0, 0.05) is 11.4 Å². The van der Waals surface area contributed by atoms with Gasteiger partial charge in [0.1, 0.15) is 0 Å². The Bertz CT molecular complexity index is 354. The molecule has 0 saturated heterocycles. The maximum atomic E-state index is 10.3. The first-order valence-electron chi connectivity index (χ1n) is 4.71. The first-order chi connectivity index (χ1) is 7.08. The Morgan fingerprint density at radius 2 is 1.87 bits per heavy atom. The molecule has 0 radical (unpaired) electrons. The van der Waals surface area contributed by atoms with Crippen molar-refractivity contribution in [2.75, 3.05) is 0 Å². The molecular formula is C12H13ClO2. The lowest BCUT2D eigenvalue weighted by atomic mass is 10.0. The van der Waals surface area contributed by atoms with Gasteiger partial charge in [0.25, 0.3) is 0 Å². The minimum atomic E-state index is -0.785. The van der Waals surface area contributed by atoms with Crippen LogP contribution in [0.3, 0.4) is 0 Å². The Morgan fingerprint density at radius 1 is 1.27 bits per heavy atom. The van der Waals surface area contributed by atoms with Gasteiger partial charge in [-0.05, 0) is 30.5 Å². The summed E-state index contributed by atoms with van der Waals surface area (Å²) in [7, 11) is 0. The Kier molecular flexibility index (Phi) is 4.37. The Balaban J connectivity index is 2.44. The largest absolute Gasteiger partial charge is 0.481 e. The fourth-order valence-electron chi connectivity index (χ4n) is 1.26. The molecular weight excluding hydrogens is 212 g/mol. The zero-order valence-corrected chi connectivity index (χ0v) is 9.13. The summed E-state index contributed by atoms with van der Waals surface area (Å²) >= 11 is 5.75. The molecule has 1 aromatic carbocycles. The molecule has 0 bridgehead atoms. The minimum absolute atomic E-state index is 0.145. The molecule has 3 heteroatoms. The second-order valence-corrected chi connectivity index (χ2v) is 3.88. The van der Waals surface area contributed by atoms with Crippen LogP contribution in [0.1, 0.15) is 18.4 Å². The maximum absolute atomic E-state index is 10.3. The van der Waals surface area contributed by atoms with Crippen molar-refractivity contribution in [3.63, 3.8) is 0 Å². The van der Waals surface area contributed by atoms with E-state index in [9.17, 15) is 4.79 Å². The van der Waals surface area contributed by atoms with Crippen molar-refractivity contribution in [3.8, 4) is 0 Å². The average Bonchev–Trinajstić information content (AvgIpc) is 2.19. The van der Waals surface area contributed by atoms with Crippen LogP contribution in [0, 0.1) is 0 Å². The SMILES string of the molecule is C=C(CCC(=O)O)Cc1ccc(Cl)cc1. The number of benzene rings is 1. The monoisotopic (exact) mass is 224 g/mol. The number of hydrogen-bond acceptors (Lipinski definition) is 1. The topological polar surface area (TPSA) is 37.3 Å². The molecule has 2 nitrogen and oxygen atoms in total. The summed E-state index contributed by atoms with van der Waals surface area (Å²) in [6.45, 7) is 3.85. The van der Waals surface area contributed by atoms with E-state index in [2.05, 4.69) is 6.58 Å². The van der Waals surface area contributed by atoms with Gasteiger partial charge in [-0.25, -0.2) is 0 Å². The van der Waals surface area contributed by atoms with E-state index in [1.165, 1.54) is 0 Å². The third-order valence-corrected chi connectivity index (χ3v) is 2.31. The van der Waals surface area contributed by atoms with Gasteiger partial charge in [-0.15, -0.1) is 0 Å². The zero-order valence-electron chi connectivity index (χ0n) is 8.37. The molecule has 0 aliphatic heterocycles. The summed E-state index contributed by atoms with van der Waals surface area (Å²) in [6.07, 6.45) is 1.38. The van der Waals surface area contributed by atoms with Gasteiger partial charge in [-0.1, -0.05) is 35.9 Å². The zero-order chi connectivity index (χ0) is 11.3. The van der Waals surface area contributed by atoms with Crippen LogP contribution in [-0.4, -0.2) is 11.1 Å². The second kappa shape index (κ2) is 5.56. The lowest BCUT2D eigenvalue weighted by Crippen LogP contribution is -1.97. The van der Waals surface area contributed by atoms with Crippen LogP contribution in [-0.2, 0) is 11.2 Å². The fraction of sp³-hybridized carbons (Fsp3) is 0.250. The summed E-state index contributed by atoms with van der Waals surface area (Å²) in [5, 5.41) is 9.21. The first kappa shape index (κ1) is 11.8. The highest BCUT2D eigenvalue weighted by molar-refractivity contribution is 6.30.